The molecule has 0 saturated heterocycles. The van der Waals surface area contributed by atoms with Crippen molar-refractivity contribution >= 4 is 0 Å². The minimum atomic E-state index is 0.873. The number of aromatic nitrogens is 2. The van der Waals surface area contributed by atoms with Crippen molar-refractivity contribution in [3.63, 3.8) is 0 Å². The maximum atomic E-state index is 4.47. The van der Waals surface area contributed by atoms with E-state index in [0.29, 0.717) is 0 Å². The van der Waals surface area contributed by atoms with Crippen LogP contribution in [0.25, 0.3) is 0 Å². The first kappa shape index (κ1) is 15.6. The lowest BCUT2D eigenvalue weighted by atomic mass is 9.72. The summed E-state index contributed by atoms with van der Waals surface area (Å²) in [6.45, 7) is 7.04. The molecular weight excluding hydrogens is 246 g/mol. The van der Waals surface area contributed by atoms with Crippen LogP contribution in [0.3, 0.4) is 0 Å². The smallest absolute Gasteiger partial charge is 0.108 e. The summed E-state index contributed by atoms with van der Waals surface area (Å²) in [6.07, 6.45) is 11.9. The molecule has 0 radical (unpaired) electrons. The molecule has 20 heavy (non-hydrogen) atoms. The van der Waals surface area contributed by atoms with Gasteiger partial charge in [0.15, 0.2) is 0 Å². The van der Waals surface area contributed by atoms with Gasteiger partial charge in [-0.05, 0) is 56.5 Å². The van der Waals surface area contributed by atoms with Crippen molar-refractivity contribution in [1.82, 2.24) is 14.9 Å². The van der Waals surface area contributed by atoms with Gasteiger partial charge in [-0.3, -0.25) is 0 Å². The molecule has 3 unspecified atom stereocenters. The zero-order valence-electron chi connectivity index (χ0n) is 13.4. The molecule has 3 atom stereocenters. The molecule has 1 heterocycles. The van der Waals surface area contributed by atoms with E-state index in [1.54, 1.807) is 0 Å². The molecule has 1 N–H and O–H groups in total. The SMILES string of the molecule is CCCNCC1CCC(C)CC1CCc1nccn1C. The molecule has 0 amide bonds. The van der Waals surface area contributed by atoms with Crippen LogP contribution in [0.1, 0.15) is 51.8 Å². The van der Waals surface area contributed by atoms with E-state index in [4.69, 9.17) is 0 Å². The molecule has 0 aliphatic heterocycles. The van der Waals surface area contributed by atoms with Gasteiger partial charge in [-0.1, -0.05) is 20.3 Å². The van der Waals surface area contributed by atoms with Crippen molar-refractivity contribution in [2.24, 2.45) is 24.8 Å². The molecule has 2 rings (SSSR count). The molecule has 1 saturated carbocycles. The third kappa shape index (κ3) is 4.34. The Balaban J connectivity index is 1.85. The van der Waals surface area contributed by atoms with Crippen LogP contribution in [-0.4, -0.2) is 22.6 Å². The first-order valence-electron chi connectivity index (χ1n) is 8.37. The van der Waals surface area contributed by atoms with Crippen LogP contribution in [0.2, 0.25) is 0 Å². The minimum Gasteiger partial charge on any atom is -0.338 e. The number of imidazole rings is 1. The van der Waals surface area contributed by atoms with E-state index < -0.39 is 0 Å². The van der Waals surface area contributed by atoms with Gasteiger partial charge in [-0.2, -0.15) is 0 Å². The van der Waals surface area contributed by atoms with Gasteiger partial charge < -0.3 is 9.88 Å². The number of rotatable bonds is 7. The van der Waals surface area contributed by atoms with Gasteiger partial charge in [0, 0.05) is 25.9 Å². The summed E-state index contributed by atoms with van der Waals surface area (Å²) in [4.78, 5) is 4.47. The van der Waals surface area contributed by atoms with Gasteiger partial charge in [-0.25, -0.2) is 4.98 Å². The lowest BCUT2D eigenvalue weighted by Gasteiger charge is -2.35. The Hall–Kier alpha value is -0.830. The zero-order chi connectivity index (χ0) is 14.4. The van der Waals surface area contributed by atoms with Crippen LogP contribution in [-0.2, 0) is 13.5 Å². The third-order valence-corrected chi connectivity index (χ3v) is 4.90. The minimum absolute atomic E-state index is 0.873. The summed E-state index contributed by atoms with van der Waals surface area (Å²) in [7, 11) is 2.10. The van der Waals surface area contributed by atoms with Gasteiger partial charge in [0.25, 0.3) is 0 Å². The summed E-state index contributed by atoms with van der Waals surface area (Å²) in [6, 6.07) is 0. The topological polar surface area (TPSA) is 29.9 Å². The maximum absolute atomic E-state index is 4.47. The van der Waals surface area contributed by atoms with Crippen molar-refractivity contribution in [3.8, 4) is 0 Å². The lowest BCUT2D eigenvalue weighted by molar-refractivity contribution is 0.174. The molecular formula is C17H31N3. The lowest BCUT2D eigenvalue weighted by Crippen LogP contribution is -2.33. The van der Waals surface area contributed by atoms with E-state index in [2.05, 4.69) is 42.0 Å². The number of hydrogen-bond acceptors (Lipinski definition) is 2. The normalized spacial score (nSPS) is 26.9. The molecule has 1 fully saturated rings. The van der Waals surface area contributed by atoms with Gasteiger partial charge >= 0.3 is 0 Å². The number of nitrogens with one attached hydrogen (secondary N) is 1. The summed E-state index contributed by atoms with van der Waals surface area (Å²) in [5, 5.41) is 3.63. The van der Waals surface area contributed by atoms with E-state index in [1.807, 2.05) is 6.20 Å². The number of aryl methyl sites for hydroxylation is 2. The highest BCUT2D eigenvalue weighted by molar-refractivity contribution is 4.92. The molecule has 0 spiro atoms. The quantitative estimate of drug-likeness (QED) is 0.774. The van der Waals surface area contributed by atoms with Gasteiger partial charge in [0.2, 0.25) is 0 Å². The highest BCUT2D eigenvalue weighted by atomic mass is 15.0. The average molecular weight is 277 g/mol. The monoisotopic (exact) mass is 277 g/mol. The Morgan fingerprint density at radius 2 is 2.20 bits per heavy atom. The van der Waals surface area contributed by atoms with Crippen LogP contribution < -0.4 is 5.32 Å². The van der Waals surface area contributed by atoms with Gasteiger partial charge in [0.1, 0.15) is 5.82 Å². The summed E-state index contributed by atoms with van der Waals surface area (Å²) < 4.78 is 2.16. The largest absolute Gasteiger partial charge is 0.338 e. The van der Waals surface area contributed by atoms with E-state index in [0.717, 1.165) is 30.7 Å². The predicted octanol–water partition coefficient (Wildman–Crippen LogP) is 3.40. The van der Waals surface area contributed by atoms with Crippen molar-refractivity contribution in [3.05, 3.63) is 18.2 Å². The molecule has 3 heteroatoms. The van der Waals surface area contributed by atoms with Crippen LogP contribution in [0, 0.1) is 17.8 Å². The first-order valence-corrected chi connectivity index (χ1v) is 8.37. The fourth-order valence-corrected chi connectivity index (χ4v) is 3.60. The molecule has 1 aromatic heterocycles. The van der Waals surface area contributed by atoms with Crippen molar-refractivity contribution in [1.29, 1.82) is 0 Å². The summed E-state index contributed by atoms with van der Waals surface area (Å²) in [5.41, 5.74) is 0. The average Bonchev–Trinajstić information content (AvgIpc) is 2.84. The second-order valence-electron chi connectivity index (χ2n) is 6.64. The molecule has 1 aliphatic carbocycles. The molecule has 1 aliphatic rings. The Morgan fingerprint density at radius 3 is 2.90 bits per heavy atom. The molecule has 0 aromatic carbocycles. The fourth-order valence-electron chi connectivity index (χ4n) is 3.60. The Morgan fingerprint density at radius 1 is 1.35 bits per heavy atom. The van der Waals surface area contributed by atoms with Crippen LogP contribution in [0.4, 0.5) is 0 Å². The van der Waals surface area contributed by atoms with Crippen molar-refractivity contribution < 1.29 is 0 Å². The maximum Gasteiger partial charge on any atom is 0.108 e. The number of hydrogen-bond donors (Lipinski definition) is 1. The van der Waals surface area contributed by atoms with Gasteiger partial charge in [-0.15, -0.1) is 0 Å². The third-order valence-electron chi connectivity index (χ3n) is 4.90. The Labute approximate surface area is 124 Å². The highest BCUT2D eigenvalue weighted by Gasteiger charge is 2.28. The zero-order valence-corrected chi connectivity index (χ0v) is 13.4. The van der Waals surface area contributed by atoms with E-state index in [1.165, 1.54) is 44.5 Å². The highest BCUT2D eigenvalue weighted by Crippen LogP contribution is 2.36. The van der Waals surface area contributed by atoms with Crippen molar-refractivity contribution in [2.45, 2.75) is 52.4 Å². The standard InChI is InChI=1S/C17H31N3/c1-4-9-18-13-16-6-5-14(2)12-15(16)7-8-17-19-10-11-20(17)3/h10-11,14-16,18H,4-9,12-13H2,1-3H3. The molecule has 0 bridgehead atoms. The summed E-state index contributed by atoms with van der Waals surface area (Å²) >= 11 is 0. The molecule has 3 nitrogen and oxygen atoms in total. The molecule has 114 valence electrons. The second-order valence-corrected chi connectivity index (χ2v) is 6.64. The van der Waals surface area contributed by atoms with E-state index in [9.17, 15) is 0 Å². The van der Waals surface area contributed by atoms with Crippen LogP contribution in [0.15, 0.2) is 12.4 Å². The van der Waals surface area contributed by atoms with Crippen LogP contribution in [0.5, 0.6) is 0 Å². The second kappa shape index (κ2) is 7.82. The Bertz CT molecular complexity index is 385. The first-order chi connectivity index (χ1) is 9.70. The van der Waals surface area contributed by atoms with Crippen LogP contribution >= 0.6 is 0 Å². The van der Waals surface area contributed by atoms with Crippen molar-refractivity contribution in [2.75, 3.05) is 13.1 Å². The fraction of sp³-hybridized carbons (Fsp3) is 0.824. The van der Waals surface area contributed by atoms with E-state index >= 15 is 0 Å². The Kier molecular flexibility index (Phi) is 6.08. The predicted molar refractivity (Wildman–Crippen MR) is 84.7 cm³/mol. The number of nitrogens with zero attached hydrogens (tertiary/aromatic N) is 2. The van der Waals surface area contributed by atoms with Gasteiger partial charge in [0.05, 0.1) is 0 Å². The molecule has 1 aromatic rings. The summed E-state index contributed by atoms with van der Waals surface area (Å²) in [5.74, 6) is 3.89. The van der Waals surface area contributed by atoms with E-state index in [-0.39, 0.29) is 0 Å².